The van der Waals surface area contributed by atoms with Crippen molar-refractivity contribution in [2.45, 2.75) is 71.2 Å². The molecule has 0 saturated carbocycles. The molecule has 138 valence electrons. The van der Waals surface area contributed by atoms with Crippen LogP contribution in [0.15, 0.2) is 24.3 Å². The molecule has 0 aliphatic carbocycles. The minimum absolute atomic E-state index is 0.187. The smallest absolute Gasteiger partial charge is 0.410 e. The van der Waals surface area contributed by atoms with Gasteiger partial charge in [0.05, 0.1) is 6.04 Å². The lowest BCUT2D eigenvalue weighted by Gasteiger charge is -2.36. The molecule has 2 fully saturated rings. The van der Waals surface area contributed by atoms with Crippen LogP contribution in [0.3, 0.4) is 0 Å². The van der Waals surface area contributed by atoms with Crippen molar-refractivity contribution in [2.24, 2.45) is 0 Å². The summed E-state index contributed by atoms with van der Waals surface area (Å²) in [7, 11) is 0. The Morgan fingerprint density at radius 2 is 1.60 bits per heavy atom. The van der Waals surface area contributed by atoms with Crippen LogP contribution < -0.4 is 9.64 Å². The monoisotopic (exact) mass is 346 g/mol. The lowest BCUT2D eigenvalue weighted by Crippen LogP contribution is -2.50. The molecular formula is C20H30N2O3. The van der Waals surface area contributed by atoms with Crippen molar-refractivity contribution in [3.8, 4) is 5.75 Å². The Hall–Kier alpha value is -1.91. The van der Waals surface area contributed by atoms with Crippen molar-refractivity contribution in [3.63, 3.8) is 0 Å². The van der Waals surface area contributed by atoms with Gasteiger partial charge in [0.1, 0.15) is 17.0 Å². The Balaban J connectivity index is 1.62. The summed E-state index contributed by atoms with van der Waals surface area (Å²) in [5.74, 6) is 0.885. The maximum Gasteiger partial charge on any atom is 0.410 e. The first-order chi connectivity index (χ1) is 11.5. The van der Waals surface area contributed by atoms with Crippen LogP contribution in [-0.2, 0) is 4.74 Å². The summed E-state index contributed by atoms with van der Waals surface area (Å²) in [6.07, 6.45) is 0.827. The van der Waals surface area contributed by atoms with Gasteiger partial charge in [0.25, 0.3) is 0 Å². The average molecular weight is 346 g/mol. The normalized spacial score (nSPS) is 23.1. The highest BCUT2D eigenvalue weighted by Gasteiger charge is 2.46. The summed E-state index contributed by atoms with van der Waals surface area (Å²) in [5, 5.41) is 0. The van der Waals surface area contributed by atoms with E-state index in [2.05, 4.69) is 17.0 Å². The van der Waals surface area contributed by atoms with E-state index >= 15 is 0 Å². The molecule has 0 radical (unpaired) electrons. The third-order valence-electron chi connectivity index (χ3n) is 4.46. The molecule has 3 rings (SSSR count). The zero-order valence-electron chi connectivity index (χ0n) is 16.2. The summed E-state index contributed by atoms with van der Waals surface area (Å²) in [6, 6.07) is 8.88. The number of carbonyl (C=O) groups is 1. The number of rotatable bonds is 2. The highest BCUT2D eigenvalue weighted by Crippen LogP contribution is 2.36. The molecule has 0 spiro atoms. The molecule has 25 heavy (non-hydrogen) atoms. The van der Waals surface area contributed by atoms with Gasteiger partial charge in [-0.1, -0.05) is 0 Å². The molecule has 0 N–H and O–H groups in total. The van der Waals surface area contributed by atoms with E-state index in [0.29, 0.717) is 6.04 Å². The topological polar surface area (TPSA) is 42.0 Å². The first-order valence-electron chi connectivity index (χ1n) is 9.07. The molecule has 5 nitrogen and oxygen atoms in total. The van der Waals surface area contributed by atoms with Crippen molar-refractivity contribution in [1.29, 1.82) is 0 Å². The Labute approximate surface area is 150 Å². The fraction of sp³-hybridized carbons (Fsp3) is 0.650. The molecule has 2 heterocycles. The van der Waals surface area contributed by atoms with E-state index in [9.17, 15) is 4.79 Å². The first-order valence-corrected chi connectivity index (χ1v) is 9.07. The van der Waals surface area contributed by atoms with Gasteiger partial charge >= 0.3 is 6.09 Å². The summed E-state index contributed by atoms with van der Waals surface area (Å²) in [4.78, 5) is 16.6. The van der Waals surface area contributed by atoms with Crippen molar-refractivity contribution >= 4 is 11.8 Å². The zero-order valence-corrected chi connectivity index (χ0v) is 16.2. The lowest BCUT2D eigenvalue weighted by atomic mass is 10.2. The molecule has 2 bridgehead atoms. The molecule has 0 aromatic heterocycles. The molecule has 2 aliphatic heterocycles. The Bertz CT molecular complexity index is 628. The number of nitrogens with zero attached hydrogens (tertiary/aromatic N) is 2. The number of anilines is 1. The average Bonchev–Trinajstić information content (AvgIpc) is 3.04. The summed E-state index contributed by atoms with van der Waals surface area (Å²) in [5.41, 5.74) is 0.557. The Kier molecular flexibility index (Phi) is 4.38. The van der Waals surface area contributed by atoms with Gasteiger partial charge in [-0.25, -0.2) is 4.79 Å². The number of amides is 1. The third-order valence-corrected chi connectivity index (χ3v) is 4.46. The van der Waals surface area contributed by atoms with Gasteiger partial charge in [0.15, 0.2) is 0 Å². The molecule has 2 atom stereocenters. The third kappa shape index (κ3) is 4.20. The molecule has 1 aromatic rings. The van der Waals surface area contributed by atoms with E-state index in [-0.39, 0.29) is 17.7 Å². The van der Waals surface area contributed by atoms with Crippen LogP contribution in [0.25, 0.3) is 0 Å². The predicted molar refractivity (Wildman–Crippen MR) is 99.3 cm³/mol. The van der Waals surface area contributed by atoms with Gasteiger partial charge in [-0.05, 0) is 72.2 Å². The molecular weight excluding hydrogens is 316 g/mol. The van der Waals surface area contributed by atoms with Gasteiger partial charge in [-0.2, -0.15) is 0 Å². The summed E-state index contributed by atoms with van der Waals surface area (Å²) < 4.78 is 11.4. The largest absolute Gasteiger partial charge is 0.488 e. The van der Waals surface area contributed by atoms with E-state index < -0.39 is 5.60 Å². The van der Waals surface area contributed by atoms with E-state index in [1.807, 2.05) is 58.6 Å². The second-order valence-corrected chi connectivity index (χ2v) is 9.04. The standard InChI is InChI=1S/C20H30N2O3/c1-19(2,3)24-17-9-7-14(8-10-17)21-12-16-11-15(21)13-22(16)18(23)25-20(4,5)6/h7-10,15-16H,11-13H2,1-6H3. The minimum Gasteiger partial charge on any atom is -0.488 e. The Morgan fingerprint density at radius 3 is 2.08 bits per heavy atom. The number of likely N-dealkylation sites (tertiary alicyclic amines) is 1. The van der Waals surface area contributed by atoms with E-state index in [1.54, 1.807) is 0 Å². The maximum atomic E-state index is 12.3. The van der Waals surface area contributed by atoms with Crippen LogP contribution in [0.4, 0.5) is 10.5 Å². The van der Waals surface area contributed by atoms with Crippen molar-refractivity contribution in [2.75, 3.05) is 18.0 Å². The fourth-order valence-corrected chi connectivity index (χ4v) is 3.59. The molecule has 1 aromatic carbocycles. The number of ether oxygens (including phenoxy) is 2. The molecule has 1 amide bonds. The highest BCUT2D eigenvalue weighted by molar-refractivity contribution is 5.70. The lowest BCUT2D eigenvalue weighted by molar-refractivity contribution is 0.0215. The zero-order chi connectivity index (χ0) is 18.4. The Morgan fingerprint density at radius 1 is 0.960 bits per heavy atom. The van der Waals surface area contributed by atoms with Crippen LogP contribution in [0, 0.1) is 0 Å². The fourth-order valence-electron chi connectivity index (χ4n) is 3.59. The second-order valence-electron chi connectivity index (χ2n) is 9.04. The molecule has 5 heteroatoms. The number of piperazine rings is 1. The van der Waals surface area contributed by atoms with Gasteiger partial charge < -0.3 is 19.3 Å². The van der Waals surface area contributed by atoms with E-state index in [1.165, 1.54) is 5.69 Å². The minimum atomic E-state index is -0.443. The van der Waals surface area contributed by atoms with Crippen molar-refractivity contribution < 1.29 is 14.3 Å². The van der Waals surface area contributed by atoms with Crippen molar-refractivity contribution in [3.05, 3.63) is 24.3 Å². The highest BCUT2D eigenvalue weighted by atomic mass is 16.6. The maximum absolute atomic E-state index is 12.3. The van der Waals surface area contributed by atoms with Gasteiger partial charge in [-0.15, -0.1) is 0 Å². The number of fused-ring (bicyclic) bond motifs is 2. The number of carbonyl (C=O) groups excluding carboxylic acids is 1. The first kappa shape index (κ1) is 17.9. The van der Waals surface area contributed by atoms with Crippen LogP contribution >= 0.6 is 0 Å². The molecule has 2 aliphatic rings. The quantitative estimate of drug-likeness (QED) is 0.810. The summed E-state index contributed by atoms with van der Waals surface area (Å²) >= 11 is 0. The van der Waals surface area contributed by atoms with Gasteiger partial charge in [0, 0.05) is 24.8 Å². The number of hydrogen-bond donors (Lipinski definition) is 0. The SMILES string of the molecule is CC(C)(C)OC(=O)N1CC2CC1CN2c1ccc(OC(C)(C)C)cc1. The van der Waals surface area contributed by atoms with Crippen LogP contribution in [0.2, 0.25) is 0 Å². The van der Waals surface area contributed by atoms with Crippen LogP contribution in [0.1, 0.15) is 48.0 Å². The van der Waals surface area contributed by atoms with Gasteiger partial charge in [-0.3, -0.25) is 0 Å². The predicted octanol–water partition coefficient (Wildman–Crippen LogP) is 4.06. The van der Waals surface area contributed by atoms with Crippen molar-refractivity contribution in [1.82, 2.24) is 4.90 Å². The molecule has 2 saturated heterocycles. The summed E-state index contributed by atoms with van der Waals surface area (Å²) in [6.45, 7) is 13.5. The molecule has 2 unspecified atom stereocenters. The van der Waals surface area contributed by atoms with E-state index in [0.717, 1.165) is 25.3 Å². The number of benzene rings is 1. The second kappa shape index (κ2) is 6.11. The van der Waals surface area contributed by atoms with E-state index in [4.69, 9.17) is 9.47 Å². The number of hydrogen-bond acceptors (Lipinski definition) is 4. The van der Waals surface area contributed by atoms with Crippen LogP contribution in [0.5, 0.6) is 5.75 Å². The van der Waals surface area contributed by atoms with Gasteiger partial charge in [0.2, 0.25) is 0 Å². The van der Waals surface area contributed by atoms with Crippen LogP contribution in [-0.4, -0.2) is 47.4 Å².